The van der Waals surface area contributed by atoms with E-state index in [0.29, 0.717) is 23.9 Å². The molecular weight excluding hydrogens is 462 g/mol. The fraction of sp³-hybridized carbons (Fsp3) is 0.250. The van der Waals surface area contributed by atoms with Crippen molar-refractivity contribution in [3.63, 3.8) is 0 Å². The van der Waals surface area contributed by atoms with Crippen molar-refractivity contribution in [1.82, 2.24) is 14.8 Å². The molecule has 4 aromatic rings. The normalized spacial score (nSPS) is 16.7. The molecule has 2 atom stereocenters. The first-order valence-corrected chi connectivity index (χ1v) is 12.1. The maximum atomic E-state index is 12.5. The highest BCUT2D eigenvalue weighted by Crippen LogP contribution is 2.34. The lowest BCUT2D eigenvalue weighted by Gasteiger charge is -2.41. The highest BCUT2D eigenvalue weighted by molar-refractivity contribution is 6.30. The van der Waals surface area contributed by atoms with Crippen LogP contribution in [0.3, 0.4) is 0 Å². The van der Waals surface area contributed by atoms with Gasteiger partial charge < -0.3 is 14.8 Å². The summed E-state index contributed by atoms with van der Waals surface area (Å²) in [5.74, 6) is -0.138. The van der Waals surface area contributed by atoms with E-state index in [1.54, 1.807) is 7.11 Å². The minimum atomic E-state index is -0.848. The second-order valence-corrected chi connectivity index (χ2v) is 9.27. The predicted octanol–water partition coefficient (Wildman–Crippen LogP) is 5.36. The Labute approximate surface area is 209 Å². The summed E-state index contributed by atoms with van der Waals surface area (Å²) in [6.07, 6.45) is 1.82. The predicted molar refractivity (Wildman–Crippen MR) is 138 cm³/mol. The number of nitrogens with zero attached hydrogens (tertiary/aromatic N) is 2. The van der Waals surface area contributed by atoms with Crippen LogP contribution in [0.4, 0.5) is 0 Å². The van der Waals surface area contributed by atoms with Gasteiger partial charge in [-0.2, -0.15) is 0 Å². The molecule has 1 fully saturated rings. The Morgan fingerprint density at radius 3 is 2.26 bits per heavy atom. The van der Waals surface area contributed by atoms with E-state index in [2.05, 4.69) is 51.2 Å². The van der Waals surface area contributed by atoms with Crippen molar-refractivity contribution in [2.24, 2.45) is 0 Å². The van der Waals surface area contributed by atoms with Gasteiger partial charge in [-0.15, -0.1) is 0 Å². The molecule has 6 nitrogen and oxygen atoms in total. The Morgan fingerprint density at radius 1 is 0.943 bits per heavy atom. The van der Waals surface area contributed by atoms with Crippen molar-refractivity contribution in [3.05, 3.63) is 101 Å². The lowest BCUT2D eigenvalue weighted by molar-refractivity contribution is -0.144. The zero-order valence-corrected chi connectivity index (χ0v) is 20.3. The molecule has 2 N–H and O–H groups in total. The number of rotatable bonds is 7. The van der Waals surface area contributed by atoms with Gasteiger partial charge in [0.2, 0.25) is 0 Å². The van der Waals surface area contributed by atoms with E-state index < -0.39 is 12.0 Å². The average molecular weight is 490 g/mol. The largest absolute Gasteiger partial charge is 0.497 e. The summed E-state index contributed by atoms with van der Waals surface area (Å²) < 4.78 is 5.37. The van der Waals surface area contributed by atoms with Crippen molar-refractivity contribution < 1.29 is 14.6 Å². The first-order chi connectivity index (χ1) is 17.0. The van der Waals surface area contributed by atoms with Gasteiger partial charge in [0.05, 0.1) is 13.2 Å². The zero-order valence-electron chi connectivity index (χ0n) is 19.5. The highest BCUT2D eigenvalue weighted by atomic mass is 35.5. The van der Waals surface area contributed by atoms with Crippen LogP contribution in [0.15, 0.2) is 79.0 Å². The highest BCUT2D eigenvalue weighted by Gasteiger charge is 2.34. The minimum Gasteiger partial charge on any atom is -0.497 e. The number of aromatic nitrogens is 1. The Hall–Kier alpha value is -3.32. The number of fused-ring (bicyclic) bond motifs is 1. The SMILES string of the molecule is COc1ccc2[nH]cc([C@H](C(=O)O)N3CCN([C@@H](c4ccccc4)c4ccc(Cl)cc4)CC3)c2c1. The van der Waals surface area contributed by atoms with Gasteiger partial charge in [0.1, 0.15) is 11.8 Å². The first-order valence-electron chi connectivity index (χ1n) is 11.7. The molecule has 0 unspecified atom stereocenters. The van der Waals surface area contributed by atoms with Gasteiger partial charge in [0, 0.05) is 53.9 Å². The third-order valence-electron chi connectivity index (χ3n) is 6.83. The summed E-state index contributed by atoms with van der Waals surface area (Å²) in [6, 6.07) is 23.5. The smallest absolute Gasteiger partial charge is 0.325 e. The van der Waals surface area contributed by atoms with E-state index in [0.717, 1.165) is 29.6 Å². The number of hydrogen-bond donors (Lipinski definition) is 2. The molecule has 0 aliphatic carbocycles. The number of carboxylic acid groups (broad SMARTS) is 1. The number of aliphatic carboxylic acids is 1. The van der Waals surface area contributed by atoms with Crippen LogP contribution in [0, 0.1) is 0 Å². The van der Waals surface area contributed by atoms with Crippen molar-refractivity contribution in [1.29, 1.82) is 0 Å². The Bertz CT molecular complexity index is 1300. The van der Waals surface area contributed by atoms with E-state index in [9.17, 15) is 9.90 Å². The number of carbonyl (C=O) groups is 1. The number of H-pyrrole nitrogens is 1. The van der Waals surface area contributed by atoms with Gasteiger partial charge in [-0.25, -0.2) is 0 Å². The molecule has 0 saturated carbocycles. The monoisotopic (exact) mass is 489 g/mol. The van der Waals surface area contributed by atoms with E-state index in [1.165, 1.54) is 11.1 Å². The molecule has 1 saturated heterocycles. The number of benzene rings is 3. The minimum absolute atomic E-state index is 0.0799. The molecule has 3 aromatic carbocycles. The van der Waals surface area contributed by atoms with Gasteiger partial charge in [0.25, 0.3) is 0 Å². The van der Waals surface area contributed by atoms with E-state index >= 15 is 0 Å². The number of hydrogen-bond acceptors (Lipinski definition) is 4. The van der Waals surface area contributed by atoms with Crippen molar-refractivity contribution in [2.45, 2.75) is 12.1 Å². The van der Waals surface area contributed by atoms with Gasteiger partial charge in [-0.05, 0) is 41.5 Å². The molecule has 0 spiro atoms. The van der Waals surface area contributed by atoms with E-state index in [1.807, 2.05) is 42.6 Å². The Balaban J connectivity index is 1.40. The molecule has 1 aromatic heterocycles. The zero-order chi connectivity index (χ0) is 24.4. The standard InChI is InChI=1S/C28H28ClN3O3/c1-35-22-11-12-25-23(17-22)24(18-30-25)27(28(33)34)32-15-13-31(14-16-32)26(19-5-3-2-4-6-19)20-7-9-21(29)10-8-20/h2-12,17-18,26-27,30H,13-16H2,1H3,(H,33,34)/t26-,27+/m0/s1. The molecule has 2 heterocycles. The van der Waals surface area contributed by atoms with Crippen LogP contribution in [0.1, 0.15) is 28.8 Å². The van der Waals surface area contributed by atoms with Crippen LogP contribution in [0.2, 0.25) is 5.02 Å². The molecule has 180 valence electrons. The molecule has 5 rings (SSSR count). The summed E-state index contributed by atoms with van der Waals surface area (Å²) >= 11 is 6.15. The number of halogens is 1. The number of piperazine rings is 1. The van der Waals surface area contributed by atoms with Gasteiger partial charge >= 0.3 is 5.97 Å². The van der Waals surface area contributed by atoms with Gasteiger partial charge in [-0.1, -0.05) is 54.1 Å². The second-order valence-electron chi connectivity index (χ2n) is 8.83. The van der Waals surface area contributed by atoms with Crippen LogP contribution in [0.5, 0.6) is 5.75 Å². The van der Waals surface area contributed by atoms with E-state index in [-0.39, 0.29) is 6.04 Å². The lowest BCUT2D eigenvalue weighted by Crippen LogP contribution is -2.50. The van der Waals surface area contributed by atoms with Crippen molar-refractivity contribution in [3.8, 4) is 5.75 Å². The number of ether oxygens (including phenoxy) is 1. The molecule has 1 aliphatic rings. The number of carboxylic acids is 1. The number of methoxy groups -OCH3 is 1. The Kier molecular flexibility index (Phi) is 6.77. The third kappa shape index (κ3) is 4.78. The summed E-state index contributed by atoms with van der Waals surface area (Å²) in [5, 5.41) is 11.8. The maximum absolute atomic E-state index is 12.5. The quantitative estimate of drug-likeness (QED) is 0.365. The van der Waals surface area contributed by atoms with Crippen LogP contribution in [0.25, 0.3) is 10.9 Å². The fourth-order valence-corrected chi connectivity index (χ4v) is 5.23. The number of aromatic amines is 1. The second kappa shape index (κ2) is 10.1. The molecule has 0 amide bonds. The fourth-order valence-electron chi connectivity index (χ4n) is 5.11. The molecule has 7 heteroatoms. The first kappa shape index (κ1) is 23.4. The van der Waals surface area contributed by atoms with Crippen LogP contribution >= 0.6 is 11.6 Å². The van der Waals surface area contributed by atoms with Crippen molar-refractivity contribution in [2.75, 3.05) is 33.3 Å². The summed E-state index contributed by atoms with van der Waals surface area (Å²) in [4.78, 5) is 20.2. The Morgan fingerprint density at radius 2 is 1.60 bits per heavy atom. The van der Waals surface area contributed by atoms with E-state index in [4.69, 9.17) is 16.3 Å². The molecular formula is C28H28ClN3O3. The van der Waals surface area contributed by atoms with Crippen LogP contribution < -0.4 is 4.74 Å². The average Bonchev–Trinajstić information content (AvgIpc) is 3.29. The summed E-state index contributed by atoms with van der Waals surface area (Å²) in [7, 11) is 1.62. The summed E-state index contributed by atoms with van der Waals surface area (Å²) in [5.41, 5.74) is 4.05. The number of nitrogens with one attached hydrogen (secondary N) is 1. The summed E-state index contributed by atoms with van der Waals surface area (Å²) in [6.45, 7) is 2.78. The molecule has 0 bridgehead atoms. The van der Waals surface area contributed by atoms with Crippen LogP contribution in [-0.4, -0.2) is 59.1 Å². The lowest BCUT2D eigenvalue weighted by atomic mass is 9.96. The van der Waals surface area contributed by atoms with Gasteiger partial charge in [0.15, 0.2) is 0 Å². The topological polar surface area (TPSA) is 68.8 Å². The third-order valence-corrected chi connectivity index (χ3v) is 7.08. The van der Waals surface area contributed by atoms with Crippen molar-refractivity contribution >= 4 is 28.5 Å². The van der Waals surface area contributed by atoms with Gasteiger partial charge in [-0.3, -0.25) is 14.6 Å². The molecule has 0 radical (unpaired) electrons. The maximum Gasteiger partial charge on any atom is 0.325 e. The molecule has 1 aliphatic heterocycles. The van der Waals surface area contributed by atoms with Crippen LogP contribution in [-0.2, 0) is 4.79 Å². The molecule has 35 heavy (non-hydrogen) atoms.